The van der Waals surface area contributed by atoms with E-state index in [0.29, 0.717) is 12.5 Å². The first-order chi connectivity index (χ1) is 10.3. The van der Waals surface area contributed by atoms with E-state index < -0.39 is 0 Å². The van der Waals surface area contributed by atoms with Gasteiger partial charge in [-0.05, 0) is 61.4 Å². The third-order valence-electron chi connectivity index (χ3n) is 3.50. The molecule has 2 aromatic rings. The fraction of sp³-hybridized carbons (Fsp3) is 0.429. The maximum Gasteiger partial charge on any atom is 0.0724 e. The fourth-order valence-electron chi connectivity index (χ4n) is 2.49. The second-order valence-electron chi connectivity index (χ2n) is 7.40. The molecule has 0 heterocycles. The predicted molar refractivity (Wildman–Crippen MR) is 95.0 cm³/mol. The highest BCUT2D eigenvalue weighted by atomic mass is 16.5. The zero-order valence-electron chi connectivity index (χ0n) is 14.5. The van der Waals surface area contributed by atoms with Crippen LogP contribution < -0.4 is 0 Å². The van der Waals surface area contributed by atoms with Gasteiger partial charge in [-0.3, -0.25) is 0 Å². The number of ether oxygens (including phenoxy) is 1. The van der Waals surface area contributed by atoms with Gasteiger partial charge in [-0.2, -0.15) is 0 Å². The Kier molecular flexibility index (Phi) is 5.42. The summed E-state index contributed by atoms with van der Waals surface area (Å²) in [5.74, 6) is 0.682. The van der Waals surface area contributed by atoms with Crippen molar-refractivity contribution in [2.45, 2.75) is 53.2 Å². The molecule has 2 aromatic carbocycles. The van der Waals surface area contributed by atoms with E-state index in [2.05, 4.69) is 83.1 Å². The minimum Gasteiger partial charge on any atom is -0.371 e. The average Bonchev–Trinajstić information content (AvgIpc) is 2.44. The summed E-state index contributed by atoms with van der Waals surface area (Å²) < 4.78 is 5.88. The molecule has 0 aliphatic carbocycles. The molecule has 2 rings (SSSR count). The monoisotopic (exact) mass is 296 g/mol. The van der Waals surface area contributed by atoms with Gasteiger partial charge in [0.05, 0.1) is 12.2 Å². The lowest BCUT2D eigenvalue weighted by Crippen LogP contribution is -2.18. The maximum absolute atomic E-state index is 5.88. The smallest absolute Gasteiger partial charge is 0.0724 e. The first-order valence-corrected chi connectivity index (χ1v) is 8.16. The highest BCUT2D eigenvalue weighted by Gasteiger charge is 2.10. The Bertz CT molecular complexity index is 605. The Balaban J connectivity index is 2.18. The third-order valence-corrected chi connectivity index (χ3v) is 3.50. The van der Waals surface area contributed by atoms with Crippen molar-refractivity contribution in [1.82, 2.24) is 0 Å². The van der Waals surface area contributed by atoms with Crippen LogP contribution in [0.1, 0.15) is 45.7 Å². The first kappa shape index (κ1) is 16.8. The molecule has 0 amide bonds. The van der Waals surface area contributed by atoms with Crippen molar-refractivity contribution in [3.8, 4) is 11.1 Å². The molecule has 1 nitrogen and oxygen atoms in total. The largest absolute Gasteiger partial charge is 0.371 e. The molecule has 0 atom stereocenters. The van der Waals surface area contributed by atoms with Gasteiger partial charge in [-0.1, -0.05) is 56.3 Å². The summed E-state index contributed by atoms with van der Waals surface area (Å²) in [6.45, 7) is 11.4. The maximum atomic E-state index is 5.88. The van der Waals surface area contributed by atoms with Crippen molar-refractivity contribution >= 4 is 0 Å². The minimum atomic E-state index is -0.104. The highest BCUT2D eigenvalue weighted by Crippen LogP contribution is 2.23. The first-order valence-electron chi connectivity index (χ1n) is 8.16. The molecule has 1 heteroatoms. The van der Waals surface area contributed by atoms with Gasteiger partial charge in [0.25, 0.3) is 0 Å². The number of rotatable bonds is 5. The molecule has 0 spiro atoms. The molecule has 0 bridgehead atoms. The molecule has 0 radical (unpaired) electrons. The molecular formula is C21H28O. The molecule has 0 fully saturated rings. The van der Waals surface area contributed by atoms with Crippen LogP contribution in [-0.4, -0.2) is 5.60 Å². The summed E-state index contributed by atoms with van der Waals surface area (Å²) in [6, 6.07) is 17.5. The minimum absolute atomic E-state index is 0.104. The topological polar surface area (TPSA) is 9.23 Å². The highest BCUT2D eigenvalue weighted by molar-refractivity contribution is 5.64. The van der Waals surface area contributed by atoms with Crippen LogP contribution in [0.2, 0.25) is 0 Å². The van der Waals surface area contributed by atoms with Crippen LogP contribution in [-0.2, 0) is 17.8 Å². The van der Waals surface area contributed by atoms with E-state index in [1.807, 2.05) is 0 Å². The number of hydrogen-bond acceptors (Lipinski definition) is 1. The van der Waals surface area contributed by atoms with E-state index in [1.54, 1.807) is 0 Å². The van der Waals surface area contributed by atoms with Crippen LogP contribution in [0.3, 0.4) is 0 Å². The van der Waals surface area contributed by atoms with Gasteiger partial charge in [0.1, 0.15) is 0 Å². The lowest BCUT2D eigenvalue weighted by molar-refractivity contribution is -0.0149. The normalized spacial score (nSPS) is 11.9. The van der Waals surface area contributed by atoms with E-state index in [-0.39, 0.29) is 5.60 Å². The van der Waals surface area contributed by atoms with E-state index in [4.69, 9.17) is 4.74 Å². The Morgan fingerprint density at radius 2 is 1.41 bits per heavy atom. The van der Waals surface area contributed by atoms with Gasteiger partial charge in [0.15, 0.2) is 0 Å². The second kappa shape index (κ2) is 7.11. The van der Waals surface area contributed by atoms with Gasteiger partial charge < -0.3 is 4.74 Å². The lowest BCUT2D eigenvalue weighted by atomic mass is 9.97. The van der Waals surface area contributed by atoms with Crippen molar-refractivity contribution in [2.24, 2.45) is 5.92 Å². The summed E-state index contributed by atoms with van der Waals surface area (Å²) >= 11 is 0. The van der Waals surface area contributed by atoms with Gasteiger partial charge in [0.2, 0.25) is 0 Å². The van der Waals surface area contributed by atoms with Crippen molar-refractivity contribution in [3.05, 3.63) is 59.7 Å². The molecule has 0 unspecified atom stereocenters. The second-order valence-corrected chi connectivity index (χ2v) is 7.40. The van der Waals surface area contributed by atoms with Crippen LogP contribution >= 0.6 is 0 Å². The molecule has 0 aromatic heterocycles. The Morgan fingerprint density at radius 1 is 0.864 bits per heavy atom. The molecule has 118 valence electrons. The van der Waals surface area contributed by atoms with Crippen molar-refractivity contribution in [2.75, 3.05) is 0 Å². The SMILES string of the molecule is CC(C)Cc1cccc(-c2cccc(COC(C)(C)C)c2)c1. The van der Waals surface area contributed by atoms with Gasteiger partial charge in [0, 0.05) is 0 Å². The van der Waals surface area contributed by atoms with Crippen LogP contribution in [0, 0.1) is 5.92 Å². The quantitative estimate of drug-likeness (QED) is 0.670. The molecule has 0 saturated heterocycles. The van der Waals surface area contributed by atoms with Crippen LogP contribution in [0.25, 0.3) is 11.1 Å². The predicted octanol–water partition coefficient (Wildman–Crippen LogP) is 5.87. The zero-order valence-corrected chi connectivity index (χ0v) is 14.5. The Labute approximate surface area is 135 Å². The average molecular weight is 296 g/mol. The molecule has 0 saturated carbocycles. The van der Waals surface area contributed by atoms with Crippen LogP contribution in [0.4, 0.5) is 0 Å². The molecule has 0 N–H and O–H groups in total. The van der Waals surface area contributed by atoms with Crippen molar-refractivity contribution in [3.63, 3.8) is 0 Å². The third kappa shape index (κ3) is 5.31. The molecule has 22 heavy (non-hydrogen) atoms. The van der Waals surface area contributed by atoms with Crippen LogP contribution in [0.5, 0.6) is 0 Å². The number of hydrogen-bond donors (Lipinski definition) is 0. The number of benzene rings is 2. The summed E-state index contributed by atoms with van der Waals surface area (Å²) in [7, 11) is 0. The van der Waals surface area contributed by atoms with Crippen molar-refractivity contribution in [1.29, 1.82) is 0 Å². The lowest BCUT2D eigenvalue weighted by Gasteiger charge is -2.19. The zero-order chi connectivity index (χ0) is 16.2. The summed E-state index contributed by atoms with van der Waals surface area (Å²) in [6.07, 6.45) is 1.13. The van der Waals surface area contributed by atoms with Gasteiger partial charge in [-0.25, -0.2) is 0 Å². The van der Waals surface area contributed by atoms with E-state index in [9.17, 15) is 0 Å². The molecular weight excluding hydrogens is 268 g/mol. The van der Waals surface area contributed by atoms with Crippen LogP contribution in [0.15, 0.2) is 48.5 Å². The summed E-state index contributed by atoms with van der Waals surface area (Å²) in [5, 5.41) is 0. The van der Waals surface area contributed by atoms with E-state index in [1.165, 1.54) is 22.3 Å². The standard InChI is InChI=1S/C21H28O/c1-16(2)12-17-8-6-10-19(13-17)20-11-7-9-18(14-20)15-22-21(3,4)5/h6-11,13-14,16H,12,15H2,1-5H3. The Hall–Kier alpha value is -1.60. The summed E-state index contributed by atoms with van der Waals surface area (Å²) in [5.41, 5.74) is 5.08. The molecule has 0 aliphatic heterocycles. The van der Waals surface area contributed by atoms with Gasteiger partial charge >= 0.3 is 0 Å². The fourth-order valence-corrected chi connectivity index (χ4v) is 2.49. The van der Waals surface area contributed by atoms with Gasteiger partial charge in [-0.15, -0.1) is 0 Å². The van der Waals surface area contributed by atoms with E-state index in [0.717, 1.165) is 6.42 Å². The molecule has 0 aliphatic rings. The van der Waals surface area contributed by atoms with Crippen molar-refractivity contribution < 1.29 is 4.74 Å². The van der Waals surface area contributed by atoms with E-state index >= 15 is 0 Å². The Morgan fingerprint density at radius 3 is 1.95 bits per heavy atom. The summed E-state index contributed by atoms with van der Waals surface area (Å²) in [4.78, 5) is 0.